The number of aliphatic carboxylic acids is 1. The molecule has 2 aromatic rings. The molecule has 0 spiro atoms. The van der Waals surface area contributed by atoms with Gasteiger partial charge in [-0.05, 0) is 68.4 Å². The Balaban J connectivity index is 1.46. The summed E-state index contributed by atoms with van der Waals surface area (Å²) in [5.74, 6) is -0.771. The number of ether oxygens (including phenoxy) is 1. The predicted octanol–water partition coefficient (Wildman–Crippen LogP) is 8.33. The van der Waals surface area contributed by atoms with Crippen molar-refractivity contribution in [2.75, 3.05) is 24.6 Å². The van der Waals surface area contributed by atoms with Crippen molar-refractivity contribution in [1.82, 2.24) is 0 Å². The van der Waals surface area contributed by atoms with E-state index in [2.05, 4.69) is 104 Å². The van der Waals surface area contributed by atoms with E-state index in [9.17, 15) is 14.7 Å². The van der Waals surface area contributed by atoms with E-state index in [1.165, 1.54) is 22.5 Å². The van der Waals surface area contributed by atoms with Crippen molar-refractivity contribution in [2.24, 2.45) is 0 Å². The third-order valence-corrected chi connectivity index (χ3v) is 9.91. The normalized spacial score (nSPS) is 20.3. The lowest BCUT2D eigenvalue weighted by atomic mass is 9.81. The average molecular weight is 628 g/mol. The fourth-order valence-electron chi connectivity index (χ4n) is 7.07. The van der Waals surface area contributed by atoms with Crippen molar-refractivity contribution in [2.45, 2.75) is 77.0 Å². The number of benzene rings is 2. The molecule has 0 unspecified atom stereocenters. The zero-order valence-corrected chi connectivity index (χ0v) is 27.6. The van der Waals surface area contributed by atoms with E-state index in [1.54, 1.807) is 0 Å². The van der Waals surface area contributed by atoms with E-state index in [0.717, 1.165) is 59.8 Å². The Kier molecular flexibility index (Phi) is 9.83. The molecule has 1 N–H and O–H groups in total. The smallest absolute Gasteiger partial charge is 0.303 e. The number of fused-ring (bicyclic) bond motifs is 2. The van der Waals surface area contributed by atoms with E-state index in [0.29, 0.717) is 26.0 Å². The highest BCUT2D eigenvalue weighted by Gasteiger charge is 2.44. The maximum atomic E-state index is 11.3. The molecule has 5 rings (SSSR count). The van der Waals surface area contributed by atoms with E-state index >= 15 is 0 Å². The van der Waals surface area contributed by atoms with E-state index in [4.69, 9.17) is 16.3 Å². The largest absolute Gasteiger partial charge is 0.481 e. The summed E-state index contributed by atoms with van der Waals surface area (Å²) >= 11 is 7.13. The summed E-state index contributed by atoms with van der Waals surface area (Å²) in [6.07, 6.45) is 13.1. The molecule has 45 heavy (non-hydrogen) atoms. The summed E-state index contributed by atoms with van der Waals surface area (Å²) in [7, 11) is 0. The molecule has 7 heteroatoms. The number of hydrogen-bond donors (Lipinski definition) is 1. The zero-order chi connectivity index (χ0) is 32.2. The van der Waals surface area contributed by atoms with Crippen LogP contribution in [0.15, 0.2) is 94.7 Å². The zero-order valence-electron chi connectivity index (χ0n) is 26.8. The molecule has 0 fully saturated rings. The Morgan fingerprint density at radius 3 is 2.47 bits per heavy atom. The quantitative estimate of drug-likeness (QED) is 0.146. The number of carboxylic acids is 1. The molecule has 0 radical (unpaired) electrons. The van der Waals surface area contributed by atoms with Crippen molar-refractivity contribution in [3.63, 3.8) is 0 Å². The monoisotopic (exact) mass is 627 g/mol. The minimum Gasteiger partial charge on any atom is -0.481 e. The second-order valence-electron chi connectivity index (χ2n) is 13.1. The summed E-state index contributed by atoms with van der Waals surface area (Å²) in [5, 5.41) is 10.1. The summed E-state index contributed by atoms with van der Waals surface area (Å²) in [5.41, 5.74) is 9.07. The molecule has 0 saturated heterocycles. The van der Waals surface area contributed by atoms with Gasteiger partial charge in [0, 0.05) is 58.9 Å². The Bertz CT molecular complexity index is 1630. The number of carbonyl (C=O) groups is 2. The lowest BCUT2D eigenvalue weighted by molar-refractivity contribution is -0.438. The van der Waals surface area contributed by atoms with Gasteiger partial charge in [-0.1, -0.05) is 74.0 Å². The highest BCUT2D eigenvalue weighted by Crippen LogP contribution is 2.48. The molecular weight excluding hydrogens is 584 g/mol. The molecule has 0 aromatic heterocycles. The molecule has 6 nitrogen and oxygen atoms in total. The van der Waals surface area contributed by atoms with Gasteiger partial charge in [0.2, 0.25) is 5.69 Å². The number of carbonyl (C=O) groups excluding carboxylic acids is 1. The van der Waals surface area contributed by atoms with Crippen LogP contribution >= 0.6 is 11.6 Å². The van der Waals surface area contributed by atoms with Crippen molar-refractivity contribution >= 4 is 41.1 Å². The van der Waals surface area contributed by atoms with Crippen LogP contribution in [0.2, 0.25) is 0 Å². The predicted molar refractivity (Wildman–Crippen MR) is 182 cm³/mol. The lowest BCUT2D eigenvalue weighted by Gasteiger charge is -2.27. The molecule has 0 atom stereocenters. The van der Waals surface area contributed by atoms with Crippen LogP contribution in [0.3, 0.4) is 0 Å². The van der Waals surface area contributed by atoms with Crippen LogP contribution < -0.4 is 4.90 Å². The van der Waals surface area contributed by atoms with Gasteiger partial charge in [0.25, 0.3) is 6.47 Å². The van der Waals surface area contributed by atoms with Gasteiger partial charge in [0.05, 0.1) is 12.0 Å². The summed E-state index contributed by atoms with van der Waals surface area (Å²) in [6.45, 7) is 11.3. The van der Waals surface area contributed by atoms with Gasteiger partial charge in [-0.2, -0.15) is 4.58 Å². The van der Waals surface area contributed by atoms with Crippen molar-refractivity contribution in [3.8, 4) is 0 Å². The Labute approximate surface area is 272 Å². The SMILES string of the molecule is CC1(C)C(=C/C=C2\CCCC(/C=C/C3=[N+](CCCOC=O)c4ccccc4C3(C)C)=C2Cl)N(CCCC(=O)O)c2ccccc21. The summed E-state index contributed by atoms with van der Waals surface area (Å²) < 4.78 is 7.32. The van der Waals surface area contributed by atoms with Crippen molar-refractivity contribution in [3.05, 3.63) is 106 Å². The van der Waals surface area contributed by atoms with Crippen molar-refractivity contribution in [1.29, 1.82) is 0 Å². The van der Waals surface area contributed by atoms with Gasteiger partial charge in [0.15, 0.2) is 12.3 Å². The van der Waals surface area contributed by atoms with E-state index in [-0.39, 0.29) is 17.3 Å². The number of rotatable bonds is 12. The Hall–Kier alpha value is -3.90. The minimum absolute atomic E-state index is 0.141. The first-order chi connectivity index (χ1) is 21.6. The molecule has 0 amide bonds. The molecule has 1 aliphatic carbocycles. The number of nitrogens with zero attached hydrogens (tertiary/aromatic N) is 2. The van der Waals surface area contributed by atoms with Crippen LogP contribution in [0.1, 0.15) is 77.3 Å². The van der Waals surface area contributed by atoms with Crippen LogP contribution in [0.4, 0.5) is 11.4 Å². The van der Waals surface area contributed by atoms with Gasteiger partial charge in [0.1, 0.15) is 0 Å². The summed E-state index contributed by atoms with van der Waals surface area (Å²) in [6, 6.07) is 16.9. The Morgan fingerprint density at radius 1 is 0.978 bits per heavy atom. The third kappa shape index (κ3) is 6.57. The maximum Gasteiger partial charge on any atom is 0.303 e. The molecular formula is C38H44ClN2O4+. The standard InChI is InChI=1S/C38H43ClN2O4/c1-37(2)29-14-5-7-16-31(29)40(23-10-18-35(43)44)33(37)21-19-27-12-9-13-28(36(27)39)20-22-34-38(3,4)30-15-6-8-17-32(30)41(34)24-11-25-45-26-42/h5-8,14-17,19-22,26H,9-13,18,23-25H2,1-4H3/p+1. The third-order valence-electron chi connectivity index (χ3n) is 9.42. The highest BCUT2D eigenvalue weighted by atomic mass is 35.5. The van der Waals surface area contributed by atoms with Crippen LogP contribution in [0.25, 0.3) is 0 Å². The maximum absolute atomic E-state index is 11.3. The summed E-state index contributed by atoms with van der Waals surface area (Å²) in [4.78, 5) is 24.2. The van der Waals surface area contributed by atoms with Crippen LogP contribution in [-0.4, -0.2) is 47.5 Å². The molecule has 2 aromatic carbocycles. The number of para-hydroxylation sites is 2. The number of carboxylic acid groups (broad SMARTS) is 1. The second kappa shape index (κ2) is 13.6. The number of anilines is 1. The van der Waals surface area contributed by atoms with Crippen LogP contribution in [0.5, 0.6) is 0 Å². The number of hydrogen-bond acceptors (Lipinski definition) is 4. The van der Waals surface area contributed by atoms with Gasteiger partial charge in [-0.25, -0.2) is 0 Å². The first kappa shape index (κ1) is 32.5. The van der Waals surface area contributed by atoms with Gasteiger partial charge >= 0.3 is 5.97 Å². The van der Waals surface area contributed by atoms with Gasteiger partial charge < -0.3 is 14.7 Å². The molecule has 0 saturated carbocycles. The van der Waals surface area contributed by atoms with E-state index in [1.807, 2.05) is 6.07 Å². The lowest BCUT2D eigenvalue weighted by Crippen LogP contribution is -2.28. The van der Waals surface area contributed by atoms with Gasteiger partial charge in [-0.3, -0.25) is 9.59 Å². The molecule has 236 valence electrons. The molecule has 0 bridgehead atoms. The highest BCUT2D eigenvalue weighted by molar-refractivity contribution is 6.32. The second-order valence-corrected chi connectivity index (χ2v) is 13.4. The first-order valence-electron chi connectivity index (χ1n) is 15.9. The molecule has 2 heterocycles. The van der Waals surface area contributed by atoms with Crippen LogP contribution in [0, 0.1) is 0 Å². The molecule has 2 aliphatic heterocycles. The fourth-order valence-corrected chi connectivity index (χ4v) is 7.39. The van der Waals surface area contributed by atoms with Gasteiger partial charge in [-0.15, -0.1) is 0 Å². The van der Waals surface area contributed by atoms with E-state index < -0.39 is 5.97 Å². The number of halogens is 1. The Morgan fingerprint density at radius 2 is 1.71 bits per heavy atom. The number of allylic oxidation sites excluding steroid dienone is 8. The molecule has 3 aliphatic rings. The minimum atomic E-state index is -0.771. The van der Waals surface area contributed by atoms with Crippen molar-refractivity contribution < 1.29 is 24.0 Å². The average Bonchev–Trinajstić information content (AvgIpc) is 3.36. The first-order valence-corrected chi connectivity index (χ1v) is 16.3. The topological polar surface area (TPSA) is 69.9 Å². The fraction of sp³-hybridized carbons (Fsp3) is 0.395. The van der Waals surface area contributed by atoms with Crippen LogP contribution in [-0.2, 0) is 25.2 Å².